The predicted molar refractivity (Wildman–Crippen MR) is 150 cm³/mol. The molecular formula is C27H37FN6O6S. The van der Waals surface area contributed by atoms with Crippen LogP contribution in [0.2, 0.25) is 0 Å². The average Bonchev–Trinajstić information content (AvgIpc) is 3.68. The third-order valence-corrected chi connectivity index (χ3v) is 9.59. The molecule has 4 heterocycles. The predicted octanol–water partition coefficient (Wildman–Crippen LogP) is 1.97. The van der Waals surface area contributed by atoms with Gasteiger partial charge in [0.2, 0.25) is 5.91 Å². The molecule has 224 valence electrons. The second-order valence-corrected chi connectivity index (χ2v) is 12.0. The van der Waals surface area contributed by atoms with Gasteiger partial charge in [0.05, 0.1) is 48.7 Å². The number of nitrogens with zero attached hydrogens (tertiary/aromatic N) is 6. The van der Waals surface area contributed by atoms with E-state index in [4.69, 9.17) is 9.47 Å². The van der Waals surface area contributed by atoms with E-state index in [0.717, 1.165) is 4.57 Å². The van der Waals surface area contributed by atoms with Gasteiger partial charge in [0, 0.05) is 32.7 Å². The van der Waals surface area contributed by atoms with Gasteiger partial charge < -0.3 is 19.5 Å². The van der Waals surface area contributed by atoms with Crippen LogP contribution < -0.4 is 11.2 Å². The first kappa shape index (κ1) is 29.5. The molecule has 3 aromatic heterocycles. The van der Waals surface area contributed by atoms with Gasteiger partial charge in [-0.3, -0.25) is 14.2 Å². The maximum atomic E-state index is 15.3. The lowest BCUT2D eigenvalue weighted by Gasteiger charge is -2.31. The number of likely N-dealkylation sites (N-methyl/N-ethyl adjacent to an activating group) is 1. The minimum Gasteiger partial charge on any atom is -0.393 e. The third-order valence-electron chi connectivity index (χ3n) is 8.31. The Hall–Kier alpha value is -2.94. The molecule has 1 saturated heterocycles. The maximum absolute atomic E-state index is 15.3. The fraction of sp³-hybridized carbons (Fsp3) is 0.667. The number of aryl methyl sites for hydroxylation is 1. The molecule has 5 rings (SSSR count). The molecule has 2 fully saturated rings. The second kappa shape index (κ2) is 12.1. The normalized spacial score (nSPS) is 23.8. The first-order valence-electron chi connectivity index (χ1n) is 14.0. The summed E-state index contributed by atoms with van der Waals surface area (Å²) in [7, 11) is 3.08. The Morgan fingerprint density at radius 1 is 1.15 bits per heavy atom. The minimum absolute atomic E-state index is 0.0335. The molecule has 1 unspecified atom stereocenters. The van der Waals surface area contributed by atoms with Crippen LogP contribution in [0.15, 0.2) is 22.0 Å². The van der Waals surface area contributed by atoms with Crippen LogP contribution in [0.3, 0.4) is 0 Å². The molecule has 14 heteroatoms. The summed E-state index contributed by atoms with van der Waals surface area (Å²) in [6, 6.07) is -0.928. The van der Waals surface area contributed by atoms with Crippen LogP contribution in [0.1, 0.15) is 57.1 Å². The van der Waals surface area contributed by atoms with Gasteiger partial charge in [-0.2, -0.15) is 10.2 Å². The SMILES string of the molecule is COC(C)[C@@H](F)C[C@H](Cn1c(=O)n([C@@H]2CCN(C)C2=O)c(=O)c2c(C)c(-n3nccn3)sc21)OC1CCC(O)CC1. The summed E-state index contributed by atoms with van der Waals surface area (Å²) in [5.74, 6) is -0.303. The number of likely N-dealkylation sites (tertiary alicyclic amines) is 1. The summed E-state index contributed by atoms with van der Waals surface area (Å²) in [5.41, 5.74) is -0.597. The number of alkyl halides is 1. The van der Waals surface area contributed by atoms with Crippen molar-refractivity contribution in [2.75, 3.05) is 20.7 Å². The van der Waals surface area contributed by atoms with Crippen molar-refractivity contribution in [3.8, 4) is 5.00 Å². The minimum atomic E-state index is -1.37. The number of aromatic nitrogens is 5. The zero-order chi connectivity index (χ0) is 29.4. The fourth-order valence-electron chi connectivity index (χ4n) is 5.76. The van der Waals surface area contributed by atoms with Crippen LogP contribution in [-0.4, -0.2) is 91.3 Å². The number of carbonyl (C=O) groups excluding carboxylic acids is 1. The number of fused-ring (bicyclic) bond motifs is 1. The standard InChI is InChI=1S/C27H37FN6O6S/c1-15-22-24(37)33(21-9-12-31(3)23(21)36)27(38)32(26(22)41-25(15)34-29-10-11-30-34)14-19(13-20(28)16(2)39-4)40-18-7-5-17(35)6-8-18/h10-11,16-21,35H,5-9,12-14H2,1-4H3/t16?,17?,18?,19-,20+,21-/m1/s1. The lowest BCUT2D eigenvalue weighted by atomic mass is 9.95. The van der Waals surface area contributed by atoms with Crippen molar-refractivity contribution in [1.82, 2.24) is 29.0 Å². The molecule has 1 amide bonds. The highest BCUT2D eigenvalue weighted by atomic mass is 32.1. The van der Waals surface area contributed by atoms with E-state index in [1.807, 2.05) is 0 Å². The van der Waals surface area contributed by atoms with Crippen molar-refractivity contribution < 1.29 is 23.8 Å². The van der Waals surface area contributed by atoms with E-state index in [0.29, 0.717) is 59.4 Å². The lowest BCUT2D eigenvalue weighted by molar-refractivity contribution is -0.129. The zero-order valence-electron chi connectivity index (χ0n) is 23.7. The Kier molecular flexibility index (Phi) is 8.73. The highest BCUT2D eigenvalue weighted by molar-refractivity contribution is 7.21. The van der Waals surface area contributed by atoms with Gasteiger partial charge in [0.25, 0.3) is 5.56 Å². The van der Waals surface area contributed by atoms with Crippen LogP contribution in [0.25, 0.3) is 15.2 Å². The number of aliphatic hydroxyl groups is 1. The number of carbonyl (C=O) groups is 1. The summed E-state index contributed by atoms with van der Waals surface area (Å²) in [6.45, 7) is 3.79. The van der Waals surface area contributed by atoms with Crippen molar-refractivity contribution in [3.63, 3.8) is 0 Å². The monoisotopic (exact) mass is 592 g/mol. The summed E-state index contributed by atoms with van der Waals surface area (Å²) < 4.78 is 29.4. The molecule has 1 saturated carbocycles. The molecule has 0 radical (unpaired) electrons. The largest absolute Gasteiger partial charge is 0.393 e. The number of ether oxygens (including phenoxy) is 2. The van der Waals surface area contributed by atoms with E-state index >= 15 is 4.39 Å². The molecule has 0 spiro atoms. The van der Waals surface area contributed by atoms with E-state index in [9.17, 15) is 19.5 Å². The van der Waals surface area contributed by atoms with Crippen molar-refractivity contribution in [3.05, 3.63) is 38.8 Å². The first-order valence-corrected chi connectivity index (χ1v) is 14.8. The Labute approximate surface area is 240 Å². The Balaban J connectivity index is 1.63. The molecular weight excluding hydrogens is 555 g/mol. The van der Waals surface area contributed by atoms with Crippen LogP contribution in [0.4, 0.5) is 4.39 Å². The highest BCUT2D eigenvalue weighted by Gasteiger charge is 2.36. The fourth-order valence-corrected chi connectivity index (χ4v) is 6.98. The molecule has 0 bridgehead atoms. The van der Waals surface area contributed by atoms with Crippen LogP contribution in [0, 0.1) is 6.92 Å². The van der Waals surface area contributed by atoms with Gasteiger partial charge in [-0.15, -0.1) is 4.80 Å². The highest BCUT2D eigenvalue weighted by Crippen LogP contribution is 2.32. The Morgan fingerprint density at radius 3 is 2.44 bits per heavy atom. The van der Waals surface area contributed by atoms with Gasteiger partial charge >= 0.3 is 5.69 Å². The van der Waals surface area contributed by atoms with Crippen LogP contribution in [0.5, 0.6) is 0 Å². The number of amides is 1. The average molecular weight is 593 g/mol. The smallest absolute Gasteiger partial charge is 0.332 e. The third kappa shape index (κ3) is 5.74. The summed E-state index contributed by atoms with van der Waals surface area (Å²) >= 11 is 1.19. The van der Waals surface area contributed by atoms with Crippen molar-refractivity contribution >= 4 is 27.5 Å². The van der Waals surface area contributed by atoms with Crippen LogP contribution in [-0.2, 0) is 20.8 Å². The number of methoxy groups -OCH3 is 1. The van der Waals surface area contributed by atoms with Crippen molar-refractivity contribution in [2.45, 2.75) is 95.5 Å². The van der Waals surface area contributed by atoms with Crippen LogP contribution >= 0.6 is 11.3 Å². The summed E-state index contributed by atoms with van der Waals surface area (Å²) in [6.07, 6.45) is 2.37. The molecule has 1 N–H and O–H groups in total. The number of rotatable bonds is 10. The number of hydrogen-bond donors (Lipinski definition) is 1. The van der Waals surface area contributed by atoms with Gasteiger partial charge in [-0.05, 0) is 46.0 Å². The van der Waals surface area contributed by atoms with E-state index in [2.05, 4.69) is 10.2 Å². The summed E-state index contributed by atoms with van der Waals surface area (Å²) in [4.78, 5) is 44.3. The molecule has 4 atom stereocenters. The van der Waals surface area contributed by atoms with E-state index in [1.54, 1.807) is 20.9 Å². The Morgan fingerprint density at radius 2 is 1.83 bits per heavy atom. The van der Waals surface area contributed by atoms with Crippen molar-refractivity contribution in [1.29, 1.82) is 0 Å². The molecule has 1 aliphatic carbocycles. The van der Waals surface area contributed by atoms with E-state index in [-0.39, 0.29) is 31.1 Å². The van der Waals surface area contributed by atoms with Crippen molar-refractivity contribution in [2.24, 2.45) is 0 Å². The molecule has 0 aromatic carbocycles. The zero-order valence-corrected chi connectivity index (χ0v) is 24.6. The maximum Gasteiger partial charge on any atom is 0.332 e. The molecule has 2 aliphatic rings. The Bertz CT molecular complexity index is 1490. The molecule has 12 nitrogen and oxygen atoms in total. The quantitative estimate of drug-likeness (QED) is 0.378. The van der Waals surface area contributed by atoms with Gasteiger partial charge in [-0.1, -0.05) is 11.3 Å². The van der Waals surface area contributed by atoms with Gasteiger partial charge in [0.1, 0.15) is 22.0 Å². The number of thiophene rings is 1. The lowest BCUT2D eigenvalue weighted by Crippen LogP contribution is -2.46. The molecule has 3 aromatic rings. The number of halogens is 1. The molecule has 1 aliphatic heterocycles. The second-order valence-electron chi connectivity index (χ2n) is 11.0. The molecule has 41 heavy (non-hydrogen) atoms. The van der Waals surface area contributed by atoms with Gasteiger partial charge in [0.15, 0.2) is 0 Å². The number of aliphatic hydroxyl groups excluding tert-OH is 1. The summed E-state index contributed by atoms with van der Waals surface area (Å²) in [5, 5.41) is 19.2. The number of hydrogen-bond acceptors (Lipinski definition) is 9. The van der Waals surface area contributed by atoms with Gasteiger partial charge in [-0.25, -0.2) is 13.8 Å². The van der Waals surface area contributed by atoms with E-state index in [1.165, 1.54) is 45.1 Å². The first-order chi connectivity index (χ1) is 19.6. The topological polar surface area (TPSA) is 134 Å². The van der Waals surface area contributed by atoms with E-state index < -0.39 is 35.7 Å².